The van der Waals surface area contributed by atoms with Crippen LogP contribution in [0.1, 0.15) is 19.4 Å². The number of hydrogen-bond donors (Lipinski definition) is 3. The Morgan fingerprint density at radius 2 is 1.72 bits per heavy atom. The van der Waals surface area contributed by atoms with Crippen LogP contribution in [0.3, 0.4) is 0 Å². The number of sulfonamides is 2. The Bertz CT molecular complexity index is 1100. The highest BCUT2D eigenvalue weighted by molar-refractivity contribution is 7.89. The second-order valence-electron chi connectivity index (χ2n) is 6.68. The van der Waals surface area contributed by atoms with Gasteiger partial charge < -0.3 is 5.32 Å². The third-order valence-electron chi connectivity index (χ3n) is 4.05. The molecule has 0 aromatic heterocycles. The van der Waals surface area contributed by atoms with Crippen molar-refractivity contribution < 1.29 is 26.0 Å². The highest BCUT2D eigenvalue weighted by Gasteiger charge is 2.29. The smallest absolute Gasteiger partial charge is 0.244 e. The molecule has 0 heterocycles. The van der Waals surface area contributed by atoms with E-state index in [0.29, 0.717) is 5.56 Å². The fraction of sp³-hybridized carbons (Fsp3) is 0.278. The van der Waals surface area contributed by atoms with Crippen LogP contribution in [-0.4, -0.2) is 28.8 Å². The maximum absolute atomic E-state index is 13.9. The first kappa shape index (κ1) is 22.9. The molecular formula is C18H22FN3O5S2. The van der Waals surface area contributed by atoms with Crippen molar-refractivity contribution in [1.82, 2.24) is 10.0 Å². The summed E-state index contributed by atoms with van der Waals surface area (Å²) in [5.41, 5.74) is 0.462. The molecule has 0 bridgehead atoms. The van der Waals surface area contributed by atoms with Gasteiger partial charge in [-0.2, -0.15) is 4.72 Å². The van der Waals surface area contributed by atoms with Crippen LogP contribution >= 0.6 is 0 Å². The molecule has 8 nitrogen and oxygen atoms in total. The van der Waals surface area contributed by atoms with Crippen LogP contribution in [0, 0.1) is 11.7 Å². The predicted octanol–water partition coefficient (Wildman–Crippen LogP) is 1.09. The van der Waals surface area contributed by atoms with Gasteiger partial charge in [-0.1, -0.05) is 38.1 Å². The molecule has 2 rings (SSSR count). The summed E-state index contributed by atoms with van der Waals surface area (Å²) in [4.78, 5) is 11.9. The molecule has 0 aliphatic carbocycles. The first-order valence-corrected chi connectivity index (χ1v) is 11.6. The normalized spacial score (nSPS) is 13.3. The topological polar surface area (TPSA) is 135 Å². The van der Waals surface area contributed by atoms with Crippen molar-refractivity contribution in [2.45, 2.75) is 36.2 Å². The third-order valence-corrected chi connectivity index (χ3v) is 6.44. The van der Waals surface area contributed by atoms with Crippen LogP contribution < -0.4 is 15.2 Å². The average Bonchev–Trinajstić information content (AvgIpc) is 2.64. The van der Waals surface area contributed by atoms with E-state index in [0.717, 1.165) is 12.1 Å². The van der Waals surface area contributed by atoms with E-state index in [1.807, 2.05) is 0 Å². The molecule has 0 radical (unpaired) electrons. The summed E-state index contributed by atoms with van der Waals surface area (Å²) < 4.78 is 63.9. The Morgan fingerprint density at radius 1 is 1.07 bits per heavy atom. The molecule has 0 fully saturated rings. The van der Waals surface area contributed by atoms with Gasteiger partial charge in [-0.15, -0.1) is 0 Å². The van der Waals surface area contributed by atoms with Crippen LogP contribution in [0.25, 0.3) is 0 Å². The molecule has 11 heteroatoms. The molecule has 29 heavy (non-hydrogen) atoms. The SMILES string of the molecule is CC(C)[C@H](NS(=O)(=O)c1ccccc1F)C(=O)NCc1cccc(S(N)(=O)=O)c1. The first-order valence-electron chi connectivity index (χ1n) is 8.58. The zero-order valence-corrected chi connectivity index (χ0v) is 17.4. The fourth-order valence-electron chi connectivity index (χ4n) is 2.52. The number of carbonyl (C=O) groups excluding carboxylic acids is 1. The largest absolute Gasteiger partial charge is 0.351 e. The second kappa shape index (κ2) is 8.99. The van der Waals surface area contributed by atoms with Crippen molar-refractivity contribution in [3.63, 3.8) is 0 Å². The van der Waals surface area contributed by atoms with Crippen LogP contribution in [0.4, 0.5) is 4.39 Å². The minimum absolute atomic E-state index is 0.0488. The molecule has 0 unspecified atom stereocenters. The van der Waals surface area contributed by atoms with Crippen molar-refractivity contribution in [3.05, 3.63) is 59.9 Å². The fourth-order valence-corrected chi connectivity index (χ4v) is 4.52. The number of carbonyl (C=O) groups is 1. The minimum atomic E-state index is -4.27. The molecule has 0 saturated carbocycles. The molecule has 1 amide bonds. The molecule has 0 aliphatic heterocycles. The van der Waals surface area contributed by atoms with E-state index in [1.54, 1.807) is 19.9 Å². The molecule has 0 aliphatic rings. The lowest BCUT2D eigenvalue weighted by atomic mass is 10.0. The number of rotatable bonds is 8. The summed E-state index contributed by atoms with van der Waals surface area (Å²) in [6.45, 7) is 3.22. The van der Waals surface area contributed by atoms with Crippen LogP contribution in [0.5, 0.6) is 0 Å². The number of halogens is 1. The zero-order valence-electron chi connectivity index (χ0n) is 15.8. The Hall–Kier alpha value is -2.34. The molecule has 1 atom stereocenters. The zero-order chi connectivity index (χ0) is 21.8. The lowest BCUT2D eigenvalue weighted by molar-refractivity contribution is -0.123. The lowest BCUT2D eigenvalue weighted by Crippen LogP contribution is -2.49. The van der Waals surface area contributed by atoms with Gasteiger partial charge in [0, 0.05) is 6.54 Å². The van der Waals surface area contributed by atoms with Crippen LogP contribution in [0.15, 0.2) is 58.3 Å². The molecular weight excluding hydrogens is 421 g/mol. The molecule has 4 N–H and O–H groups in total. The summed E-state index contributed by atoms with van der Waals surface area (Å²) in [5, 5.41) is 7.64. The Balaban J connectivity index is 2.16. The Labute approximate surface area is 169 Å². The summed E-state index contributed by atoms with van der Waals surface area (Å²) in [6.07, 6.45) is 0. The van der Waals surface area contributed by atoms with Crippen molar-refractivity contribution in [1.29, 1.82) is 0 Å². The molecule has 0 spiro atoms. The number of benzene rings is 2. The van der Waals surface area contributed by atoms with Crippen molar-refractivity contribution in [3.8, 4) is 0 Å². The molecule has 2 aromatic carbocycles. The quantitative estimate of drug-likeness (QED) is 0.561. The third kappa shape index (κ3) is 6.07. The predicted molar refractivity (Wildman–Crippen MR) is 105 cm³/mol. The molecule has 2 aromatic rings. The van der Waals surface area contributed by atoms with Crippen LogP contribution in [-0.2, 0) is 31.4 Å². The van der Waals surface area contributed by atoms with E-state index in [1.165, 1.54) is 30.3 Å². The van der Waals surface area contributed by atoms with Gasteiger partial charge in [-0.25, -0.2) is 26.4 Å². The van der Waals surface area contributed by atoms with Gasteiger partial charge in [-0.05, 0) is 35.7 Å². The highest BCUT2D eigenvalue weighted by Crippen LogP contribution is 2.16. The van der Waals surface area contributed by atoms with Gasteiger partial charge in [0.25, 0.3) is 0 Å². The number of nitrogens with two attached hydrogens (primary N) is 1. The maximum atomic E-state index is 13.9. The molecule has 0 saturated heterocycles. The first-order chi connectivity index (χ1) is 13.4. The average molecular weight is 444 g/mol. The van der Waals surface area contributed by atoms with E-state index in [2.05, 4.69) is 10.0 Å². The van der Waals surface area contributed by atoms with E-state index in [4.69, 9.17) is 5.14 Å². The number of primary sulfonamides is 1. The Morgan fingerprint density at radius 3 is 2.31 bits per heavy atom. The van der Waals surface area contributed by atoms with Crippen molar-refractivity contribution in [2.75, 3.05) is 0 Å². The van der Waals surface area contributed by atoms with Gasteiger partial charge in [0.2, 0.25) is 26.0 Å². The van der Waals surface area contributed by atoms with Gasteiger partial charge in [0.15, 0.2) is 0 Å². The standard InChI is InChI=1S/C18H22FN3O5S2/c1-12(2)17(22-29(26,27)16-9-4-3-8-15(16)19)18(23)21-11-13-6-5-7-14(10-13)28(20,24)25/h3-10,12,17,22H,11H2,1-2H3,(H,21,23)(H2,20,24,25)/t17-/m0/s1. The number of amides is 1. The van der Waals surface area contributed by atoms with Gasteiger partial charge in [-0.3, -0.25) is 4.79 Å². The summed E-state index contributed by atoms with van der Waals surface area (Å²) in [5.74, 6) is -2.00. The number of hydrogen-bond acceptors (Lipinski definition) is 5. The van der Waals surface area contributed by atoms with Crippen molar-refractivity contribution >= 4 is 26.0 Å². The van der Waals surface area contributed by atoms with Crippen LogP contribution in [0.2, 0.25) is 0 Å². The summed E-state index contributed by atoms with van der Waals surface area (Å²) >= 11 is 0. The van der Waals surface area contributed by atoms with Gasteiger partial charge in [0.05, 0.1) is 4.90 Å². The van der Waals surface area contributed by atoms with E-state index >= 15 is 0 Å². The highest BCUT2D eigenvalue weighted by atomic mass is 32.2. The monoisotopic (exact) mass is 443 g/mol. The second-order valence-corrected chi connectivity index (χ2v) is 9.93. The maximum Gasteiger partial charge on any atom is 0.244 e. The van der Waals surface area contributed by atoms with Crippen molar-refractivity contribution in [2.24, 2.45) is 11.1 Å². The summed E-state index contributed by atoms with van der Waals surface area (Å²) in [6, 6.07) is 9.37. The van der Waals surface area contributed by atoms with E-state index < -0.39 is 48.6 Å². The number of nitrogens with one attached hydrogen (secondary N) is 2. The Kier molecular flexibility index (Phi) is 7.11. The van der Waals surface area contributed by atoms with E-state index in [9.17, 15) is 26.0 Å². The van der Waals surface area contributed by atoms with Gasteiger partial charge >= 0.3 is 0 Å². The molecule has 158 valence electrons. The lowest BCUT2D eigenvalue weighted by Gasteiger charge is -2.22. The van der Waals surface area contributed by atoms with Gasteiger partial charge in [0.1, 0.15) is 16.8 Å². The van der Waals surface area contributed by atoms with E-state index in [-0.39, 0.29) is 11.4 Å². The minimum Gasteiger partial charge on any atom is -0.351 e. The summed E-state index contributed by atoms with van der Waals surface area (Å²) in [7, 11) is -8.16.